The molecule has 58 valence electrons. The van der Waals surface area contributed by atoms with E-state index in [1.807, 2.05) is 18.3 Å². The first-order valence-electron chi connectivity index (χ1n) is 3.92. The molecule has 1 aromatic heterocycles. The third-order valence-corrected chi connectivity index (χ3v) is 2.20. The smallest absolute Gasteiger partial charge is 0.0939 e. The van der Waals surface area contributed by atoms with Crippen LogP contribution in [0.4, 0.5) is 5.69 Å². The van der Waals surface area contributed by atoms with Crippen LogP contribution in [0.1, 0.15) is 5.56 Å². The lowest BCUT2D eigenvalue weighted by atomic mass is 10.1. The lowest BCUT2D eigenvalue weighted by Crippen LogP contribution is -1.81. The van der Waals surface area contributed by atoms with Crippen LogP contribution in [-0.4, -0.2) is 16.2 Å². The maximum Gasteiger partial charge on any atom is 0.0939 e. The van der Waals surface area contributed by atoms with Crippen molar-refractivity contribution in [3.8, 4) is 0 Å². The minimum Gasteiger partial charge on any atom is -0.345 e. The Bertz CT molecular complexity index is 468. The fourth-order valence-electron chi connectivity index (χ4n) is 1.61. The van der Waals surface area contributed by atoms with Crippen LogP contribution in [0.15, 0.2) is 23.5 Å². The summed E-state index contributed by atoms with van der Waals surface area (Å²) in [6.45, 7) is 0. The Labute approximate surface area is 69.2 Å². The summed E-state index contributed by atoms with van der Waals surface area (Å²) < 4.78 is 0. The molecule has 0 spiro atoms. The van der Waals surface area contributed by atoms with E-state index in [4.69, 9.17) is 0 Å². The van der Waals surface area contributed by atoms with Crippen LogP contribution < -0.4 is 0 Å². The zero-order valence-corrected chi connectivity index (χ0v) is 6.41. The molecule has 1 aromatic carbocycles. The Kier molecular flexibility index (Phi) is 0.961. The number of imidazole rings is 1. The van der Waals surface area contributed by atoms with Crippen molar-refractivity contribution in [1.82, 2.24) is 9.97 Å². The van der Waals surface area contributed by atoms with Gasteiger partial charge in [0.25, 0.3) is 0 Å². The molecule has 2 heterocycles. The predicted octanol–water partition coefficient (Wildman–Crippen LogP) is 1.82. The minimum atomic E-state index is 0.914. The topological polar surface area (TPSA) is 41.0 Å². The Morgan fingerprint density at radius 2 is 2.33 bits per heavy atom. The molecule has 0 saturated carbocycles. The van der Waals surface area contributed by atoms with Gasteiger partial charge < -0.3 is 4.98 Å². The Balaban J connectivity index is 2.49. The van der Waals surface area contributed by atoms with Crippen molar-refractivity contribution in [2.45, 2.75) is 6.42 Å². The van der Waals surface area contributed by atoms with Crippen LogP contribution in [-0.2, 0) is 6.42 Å². The van der Waals surface area contributed by atoms with Gasteiger partial charge in [0.1, 0.15) is 0 Å². The second-order valence-electron chi connectivity index (χ2n) is 2.88. The number of hydrogen-bond acceptors (Lipinski definition) is 2. The molecule has 0 bridgehead atoms. The van der Waals surface area contributed by atoms with Crippen molar-refractivity contribution in [1.29, 1.82) is 0 Å². The molecule has 0 radical (unpaired) electrons. The lowest BCUT2D eigenvalue weighted by Gasteiger charge is -1.96. The Morgan fingerprint density at radius 1 is 1.33 bits per heavy atom. The minimum absolute atomic E-state index is 0.914. The van der Waals surface area contributed by atoms with E-state index in [2.05, 4.69) is 15.0 Å². The second-order valence-corrected chi connectivity index (χ2v) is 2.88. The summed E-state index contributed by atoms with van der Waals surface area (Å²) >= 11 is 0. The fourth-order valence-corrected chi connectivity index (χ4v) is 1.61. The number of hydrogen-bond donors (Lipinski definition) is 1. The standard InChI is InChI=1S/C9H7N3/c1-2-8-9(12-5-11-8)6-3-4-10-7(1)6/h1-2,4-5H,3H2,(H,11,12). The molecule has 0 saturated heterocycles. The number of aromatic amines is 1. The van der Waals surface area contributed by atoms with E-state index in [1.54, 1.807) is 6.33 Å². The average Bonchev–Trinajstić information content (AvgIpc) is 2.71. The number of rotatable bonds is 0. The van der Waals surface area contributed by atoms with Gasteiger partial charge in [-0.2, -0.15) is 0 Å². The van der Waals surface area contributed by atoms with Crippen LogP contribution >= 0.6 is 0 Å². The Hall–Kier alpha value is -1.64. The summed E-state index contributed by atoms with van der Waals surface area (Å²) in [7, 11) is 0. The first-order valence-corrected chi connectivity index (χ1v) is 3.92. The fraction of sp³-hybridized carbons (Fsp3) is 0.111. The van der Waals surface area contributed by atoms with Gasteiger partial charge in [-0.15, -0.1) is 0 Å². The Morgan fingerprint density at radius 3 is 3.33 bits per heavy atom. The van der Waals surface area contributed by atoms with E-state index in [9.17, 15) is 0 Å². The number of benzene rings is 1. The van der Waals surface area contributed by atoms with Crippen molar-refractivity contribution in [3.05, 3.63) is 24.0 Å². The van der Waals surface area contributed by atoms with Crippen molar-refractivity contribution in [2.75, 3.05) is 0 Å². The van der Waals surface area contributed by atoms with Crippen molar-refractivity contribution in [2.24, 2.45) is 4.99 Å². The van der Waals surface area contributed by atoms with E-state index in [0.717, 1.165) is 23.1 Å². The third kappa shape index (κ3) is 0.605. The van der Waals surface area contributed by atoms with Crippen molar-refractivity contribution >= 4 is 22.9 Å². The molecule has 1 aliphatic rings. The van der Waals surface area contributed by atoms with Gasteiger partial charge in [0.05, 0.1) is 23.0 Å². The number of aromatic nitrogens is 2. The summed E-state index contributed by atoms with van der Waals surface area (Å²) in [6.07, 6.45) is 4.57. The van der Waals surface area contributed by atoms with Gasteiger partial charge in [-0.25, -0.2) is 4.98 Å². The molecule has 0 amide bonds. The van der Waals surface area contributed by atoms with Gasteiger partial charge in [-0.3, -0.25) is 4.99 Å². The molecule has 1 aliphatic heterocycles. The van der Waals surface area contributed by atoms with Crippen LogP contribution in [0.2, 0.25) is 0 Å². The third-order valence-electron chi connectivity index (χ3n) is 2.20. The quantitative estimate of drug-likeness (QED) is 0.622. The summed E-state index contributed by atoms with van der Waals surface area (Å²) in [5.74, 6) is 0. The normalized spacial score (nSPS) is 14.0. The molecular weight excluding hydrogens is 150 g/mol. The second kappa shape index (κ2) is 1.94. The highest BCUT2D eigenvalue weighted by atomic mass is 14.9. The average molecular weight is 157 g/mol. The molecule has 2 aromatic rings. The molecule has 1 N–H and O–H groups in total. The molecule has 0 fully saturated rings. The highest BCUT2D eigenvalue weighted by Crippen LogP contribution is 2.29. The summed E-state index contributed by atoms with van der Waals surface area (Å²) in [5.41, 5.74) is 4.47. The van der Waals surface area contributed by atoms with Crippen LogP contribution in [0.25, 0.3) is 11.0 Å². The maximum atomic E-state index is 4.25. The first kappa shape index (κ1) is 5.94. The molecule has 3 heteroatoms. The zero-order chi connectivity index (χ0) is 7.97. The largest absolute Gasteiger partial charge is 0.345 e. The van der Waals surface area contributed by atoms with Crippen LogP contribution in [0.5, 0.6) is 0 Å². The van der Waals surface area contributed by atoms with Crippen LogP contribution in [0.3, 0.4) is 0 Å². The van der Waals surface area contributed by atoms with Crippen molar-refractivity contribution < 1.29 is 0 Å². The van der Waals surface area contributed by atoms with E-state index < -0.39 is 0 Å². The SMILES string of the molecule is C1=Nc2ccc3[nH]cnc3c2C1. The molecule has 3 rings (SSSR count). The predicted molar refractivity (Wildman–Crippen MR) is 47.9 cm³/mol. The number of fused-ring (bicyclic) bond motifs is 3. The van der Waals surface area contributed by atoms with Crippen LogP contribution in [0, 0.1) is 0 Å². The molecule has 0 atom stereocenters. The maximum absolute atomic E-state index is 4.25. The number of H-pyrrole nitrogens is 1. The molecule has 12 heavy (non-hydrogen) atoms. The van der Waals surface area contributed by atoms with E-state index in [-0.39, 0.29) is 0 Å². The number of nitrogens with zero attached hydrogens (tertiary/aromatic N) is 2. The van der Waals surface area contributed by atoms with Crippen molar-refractivity contribution in [3.63, 3.8) is 0 Å². The monoisotopic (exact) mass is 157 g/mol. The summed E-state index contributed by atoms with van der Waals surface area (Å²) in [5, 5.41) is 0. The summed E-state index contributed by atoms with van der Waals surface area (Å²) in [4.78, 5) is 11.6. The molecule has 3 nitrogen and oxygen atoms in total. The summed E-state index contributed by atoms with van der Waals surface area (Å²) in [6, 6.07) is 4.04. The van der Waals surface area contributed by atoms with Gasteiger partial charge in [-0.05, 0) is 12.1 Å². The highest BCUT2D eigenvalue weighted by molar-refractivity contribution is 5.90. The highest BCUT2D eigenvalue weighted by Gasteiger charge is 2.11. The molecule has 0 unspecified atom stereocenters. The van der Waals surface area contributed by atoms with Gasteiger partial charge in [0, 0.05) is 18.2 Å². The number of aliphatic imine (C=N–C) groups is 1. The van der Waals surface area contributed by atoms with E-state index >= 15 is 0 Å². The molecular formula is C9H7N3. The van der Waals surface area contributed by atoms with E-state index in [1.165, 1.54) is 5.56 Å². The zero-order valence-electron chi connectivity index (χ0n) is 6.41. The van der Waals surface area contributed by atoms with E-state index in [0.29, 0.717) is 0 Å². The van der Waals surface area contributed by atoms with Gasteiger partial charge in [0.2, 0.25) is 0 Å². The molecule has 0 aliphatic carbocycles. The first-order chi connectivity index (χ1) is 5.95. The van der Waals surface area contributed by atoms with Gasteiger partial charge >= 0.3 is 0 Å². The lowest BCUT2D eigenvalue weighted by molar-refractivity contribution is 1.33. The number of nitrogens with one attached hydrogen (secondary N) is 1. The van der Waals surface area contributed by atoms with Gasteiger partial charge in [-0.1, -0.05) is 0 Å². The van der Waals surface area contributed by atoms with Gasteiger partial charge in [0.15, 0.2) is 0 Å².